The lowest BCUT2D eigenvalue weighted by atomic mass is 10.2. The van der Waals surface area contributed by atoms with Crippen LogP contribution in [0.2, 0.25) is 0 Å². The molecule has 0 saturated carbocycles. The first-order valence-corrected chi connectivity index (χ1v) is 6.96. The smallest absolute Gasteiger partial charge is 0.248 e. The summed E-state index contributed by atoms with van der Waals surface area (Å²) in [5.74, 6) is 0.411. The summed E-state index contributed by atoms with van der Waals surface area (Å²) in [6.45, 7) is 1.23. The summed E-state index contributed by atoms with van der Waals surface area (Å²) in [5.41, 5.74) is 6.60. The molecule has 1 amide bonds. The fourth-order valence-electron chi connectivity index (χ4n) is 1.65. The van der Waals surface area contributed by atoms with Crippen molar-refractivity contribution >= 4 is 27.5 Å². The molecule has 0 aliphatic rings. The van der Waals surface area contributed by atoms with E-state index in [4.69, 9.17) is 10.5 Å². The molecule has 4 nitrogen and oxygen atoms in total. The van der Waals surface area contributed by atoms with Gasteiger partial charge in [0.1, 0.15) is 12.4 Å². The van der Waals surface area contributed by atoms with Gasteiger partial charge < -0.3 is 15.8 Å². The largest absolute Gasteiger partial charge is 0.492 e. The molecule has 0 spiro atoms. The SMILES string of the molecule is NC(=O)c1ccc(NCCOc2ccc(Br)cc2)cc1. The number of carbonyl (C=O) groups is 1. The summed E-state index contributed by atoms with van der Waals surface area (Å²) in [7, 11) is 0. The minimum atomic E-state index is -0.421. The van der Waals surface area contributed by atoms with Crippen molar-refractivity contribution in [2.75, 3.05) is 18.5 Å². The van der Waals surface area contributed by atoms with Gasteiger partial charge in [0.2, 0.25) is 5.91 Å². The Morgan fingerprint density at radius 2 is 1.75 bits per heavy atom. The number of halogens is 1. The molecule has 3 N–H and O–H groups in total. The van der Waals surface area contributed by atoms with Gasteiger partial charge in [-0.3, -0.25) is 4.79 Å². The topological polar surface area (TPSA) is 64.4 Å². The van der Waals surface area contributed by atoms with Crippen LogP contribution in [0.15, 0.2) is 53.0 Å². The third kappa shape index (κ3) is 4.28. The van der Waals surface area contributed by atoms with Gasteiger partial charge in [0.05, 0.1) is 0 Å². The van der Waals surface area contributed by atoms with Crippen LogP contribution < -0.4 is 15.8 Å². The fourth-order valence-corrected chi connectivity index (χ4v) is 1.91. The highest BCUT2D eigenvalue weighted by Gasteiger charge is 1.99. The highest BCUT2D eigenvalue weighted by Crippen LogP contribution is 2.16. The predicted molar refractivity (Wildman–Crippen MR) is 83.1 cm³/mol. The minimum Gasteiger partial charge on any atom is -0.492 e. The van der Waals surface area contributed by atoms with E-state index in [0.29, 0.717) is 18.7 Å². The number of hydrogen-bond acceptors (Lipinski definition) is 3. The molecule has 104 valence electrons. The highest BCUT2D eigenvalue weighted by atomic mass is 79.9. The monoisotopic (exact) mass is 334 g/mol. The molecule has 5 heteroatoms. The lowest BCUT2D eigenvalue weighted by Crippen LogP contribution is -2.13. The molecule has 2 rings (SSSR count). The molecule has 2 aromatic carbocycles. The van der Waals surface area contributed by atoms with E-state index in [1.807, 2.05) is 36.4 Å². The maximum atomic E-state index is 10.9. The Labute approximate surface area is 126 Å². The molecule has 0 aliphatic carbocycles. The van der Waals surface area contributed by atoms with Gasteiger partial charge in [0.25, 0.3) is 0 Å². The highest BCUT2D eigenvalue weighted by molar-refractivity contribution is 9.10. The van der Waals surface area contributed by atoms with Gasteiger partial charge in [0.15, 0.2) is 0 Å². The summed E-state index contributed by atoms with van der Waals surface area (Å²) in [6, 6.07) is 14.7. The number of carbonyl (C=O) groups excluding carboxylic acids is 1. The Hall–Kier alpha value is -2.01. The van der Waals surface area contributed by atoms with Crippen LogP contribution in [-0.4, -0.2) is 19.1 Å². The van der Waals surface area contributed by atoms with Crippen molar-refractivity contribution in [3.8, 4) is 5.75 Å². The molecular weight excluding hydrogens is 320 g/mol. The molecule has 0 saturated heterocycles. The maximum absolute atomic E-state index is 10.9. The molecule has 0 aliphatic heterocycles. The zero-order valence-electron chi connectivity index (χ0n) is 10.8. The second-order valence-corrected chi connectivity index (χ2v) is 5.09. The van der Waals surface area contributed by atoms with Crippen molar-refractivity contribution in [2.24, 2.45) is 5.73 Å². The molecule has 0 aromatic heterocycles. The molecule has 0 atom stereocenters. The predicted octanol–water partition coefficient (Wildman–Crippen LogP) is 3.04. The summed E-state index contributed by atoms with van der Waals surface area (Å²) < 4.78 is 6.61. The summed E-state index contributed by atoms with van der Waals surface area (Å²) in [5, 5.41) is 3.21. The molecule has 20 heavy (non-hydrogen) atoms. The number of rotatable bonds is 6. The third-order valence-corrected chi connectivity index (χ3v) is 3.21. The van der Waals surface area contributed by atoms with Gasteiger partial charge in [-0.2, -0.15) is 0 Å². The van der Waals surface area contributed by atoms with Crippen molar-refractivity contribution in [1.29, 1.82) is 0 Å². The van der Waals surface area contributed by atoms with Crippen LogP contribution in [0.4, 0.5) is 5.69 Å². The molecule has 2 aromatic rings. The van der Waals surface area contributed by atoms with E-state index in [2.05, 4.69) is 21.2 Å². The van der Waals surface area contributed by atoms with E-state index in [-0.39, 0.29) is 0 Å². The van der Waals surface area contributed by atoms with Crippen molar-refractivity contribution in [3.63, 3.8) is 0 Å². The number of hydrogen-bond donors (Lipinski definition) is 2. The van der Waals surface area contributed by atoms with E-state index in [0.717, 1.165) is 15.9 Å². The average molecular weight is 335 g/mol. The van der Waals surface area contributed by atoms with Crippen LogP contribution in [0.3, 0.4) is 0 Å². The van der Waals surface area contributed by atoms with Crippen LogP contribution in [-0.2, 0) is 0 Å². The second kappa shape index (κ2) is 6.96. The van der Waals surface area contributed by atoms with Crippen LogP contribution in [0.25, 0.3) is 0 Å². The number of primary amides is 1. The number of anilines is 1. The van der Waals surface area contributed by atoms with Gasteiger partial charge in [-0.1, -0.05) is 15.9 Å². The number of ether oxygens (including phenoxy) is 1. The summed E-state index contributed by atoms with van der Waals surface area (Å²) in [6.07, 6.45) is 0. The van der Waals surface area contributed by atoms with E-state index >= 15 is 0 Å². The lowest BCUT2D eigenvalue weighted by Gasteiger charge is -2.09. The fraction of sp³-hybridized carbons (Fsp3) is 0.133. The van der Waals surface area contributed by atoms with Crippen LogP contribution in [0.5, 0.6) is 5.75 Å². The maximum Gasteiger partial charge on any atom is 0.248 e. The number of nitrogens with two attached hydrogens (primary N) is 1. The normalized spacial score (nSPS) is 10.1. The van der Waals surface area contributed by atoms with Gasteiger partial charge in [-0.25, -0.2) is 0 Å². The summed E-state index contributed by atoms with van der Waals surface area (Å²) >= 11 is 3.37. The second-order valence-electron chi connectivity index (χ2n) is 4.17. The Morgan fingerprint density at radius 3 is 2.35 bits per heavy atom. The molecule has 0 heterocycles. The van der Waals surface area contributed by atoms with Gasteiger partial charge in [-0.05, 0) is 48.5 Å². The standard InChI is InChI=1S/C15H15BrN2O2/c16-12-3-7-14(8-4-12)20-10-9-18-13-5-1-11(2-6-13)15(17)19/h1-8,18H,9-10H2,(H2,17,19). The van der Waals surface area contributed by atoms with Crippen LogP contribution >= 0.6 is 15.9 Å². The molecule has 0 unspecified atom stereocenters. The Kier molecular flexibility index (Phi) is 5.01. The zero-order valence-corrected chi connectivity index (χ0v) is 12.4. The number of benzene rings is 2. The van der Waals surface area contributed by atoms with E-state index in [9.17, 15) is 4.79 Å². The molecular formula is C15H15BrN2O2. The summed E-state index contributed by atoms with van der Waals surface area (Å²) in [4.78, 5) is 10.9. The molecule has 0 bridgehead atoms. The van der Waals surface area contributed by atoms with E-state index in [1.54, 1.807) is 12.1 Å². The molecule has 0 radical (unpaired) electrons. The van der Waals surface area contributed by atoms with Gasteiger partial charge in [-0.15, -0.1) is 0 Å². The number of nitrogens with one attached hydrogen (secondary N) is 1. The first-order valence-electron chi connectivity index (χ1n) is 6.17. The van der Waals surface area contributed by atoms with Crippen molar-refractivity contribution in [1.82, 2.24) is 0 Å². The van der Waals surface area contributed by atoms with Gasteiger partial charge in [0, 0.05) is 22.3 Å². The van der Waals surface area contributed by atoms with Crippen LogP contribution in [0, 0.1) is 0 Å². The Morgan fingerprint density at radius 1 is 1.10 bits per heavy atom. The number of amides is 1. The first-order chi connectivity index (χ1) is 9.65. The zero-order chi connectivity index (χ0) is 14.4. The Balaban J connectivity index is 1.75. The van der Waals surface area contributed by atoms with Crippen molar-refractivity contribution in [2.45, 2.75) is 0 Å². The van der Waals surface area contributed by atoms with Crippen molar-refractivity contribution < 1.29 is 9.53 Å². The van der Waals surface area contributed by atoms with E-state index < -0.39 is 5.91 Å². The van der Waals surface area contributed by atoms with Crippen molar-refractivity contribution in [3.05, 3.63) is 58.6 Å². The first kappa shape index (κ1) is 14.4. The minimum absolute atomic E-state index is 0.421. The van der Waals surface area contributed by atoms with Crippen LogP contribution in [0.1, 0.15) is 10.4 Å². The average Bonchev–Trinajstić information content (AvgIpc) is 2.46. The van der Waals surface area contributed by atoms with E-state index in [1.165, 1.54) is 0 Å². The van der Waals surface area contributed by atoms with Gasteiger partial charge >= 0.3 is 0 Å². The lowest BCUT2D eigenvalue weighted by molar-refractivity contribution is 0.100. The Bertz CT molecular complexity index is 567. The quantitative estimate of drug-likeness (QED) is 0.798. The molecule has 0 fully saturated rings. The third-order valence-electron chi connectivity index (χ3n) is 2.68.